The van der Waals surface area contributed by atoms with Crippen LogP contribution in [0, 0.1) is 5.92 Å². The second-order valence-electron chi connectivity index (χ2n) is 8.73. The van der Waals surface area contributed by atoms with Crippen molar-refractivity contribution in [1.29, 1.82) is 0 Å². The Kier molecular flexibility index (Phi) is 6.82. The van der Waals surface area contributed by atoms with Crippen molar-refractivity contribution in [3.63, 3.8) is 0 Å². The molecule has 0 bridgehead atoms. The van der Waals surface area contributed by atoms with Gasteiger partial charge in [0.1, 0.15) is 0 Å². The SMILES string of the molecule is CCCN1CCN(C(=O)c2ncc(NC(=O)C3CC3)nc2N2CCCCCC2)CC1. The van der Waals surface area contributed by atoms with Gasteiger partial charge in [0.2, 0.25) is 5.91 Å². The maximum atomic E-state index is 13.4. The van der Waals surface area contributed by atoms with Crippen molar-refractivity contribution < 1.29 is 9.59 Å². The Morgan fingerprint density at radius 1 is 1.03 bits per heavy atom. The molecule has 1 saturated carbocycles. The van der Waals surface area contributed by atoms with Gasteiger partial charge in [-0.05, 0) is 38.6 Å². The van der Waals surface area contributed by atoms with Crippen molar-refractivity contribution in [2.75, 3.05) is 56.0 Å². The fourth-order valence-corrected chi connectivity index (χ4v) is 4.31. The van der Waals surface area contributed by atoms with E-state index in [1.54, 1.807) is 6.20 Å². The lowest BCUT2D eigenvalue weighted by molar-refractivity contribution is -0.117. The molecule has 2 saturated heterocycles. The Morgan fingerprint density at radius 3 is 2.37 bits per heavy atom. The number of carbonyl (C=O) groups excluding carboxylic acids is 2. The summed E-state index contributed by atoms with van der Waals surface area (Å²) >= 11 is 0. The zero-order valence-electron chi connectivity index (χ0n) is 18.1. The van der Waals surface area contributed by atoms with Gasteiger partial charge in [-0.3, -0.25) is 14.5 Å². The third kappa shape index (κ3) is 5.09. The summed E-state index contributed by atoms with van der Waals surface area (Å²) in [5.41, 5.74) is 0.422. The summed E-state index contributed by atoms with van der Waals surface area (Å²) < 4.78 is 0. The molecule has 4 rings (SSSR count). The molecular weight excluding hydrogens is 380 g/mol. The summed E-state index contributed by atoms with van der Waals surface area (Å²) in [7, 11) is 0. The van der Waals surface area contributed by atoms with Gasteiger partial charge < -0.3 is 15.1 Å². The second-order valence-corrected chi connectivity index (χ2v) is 8.73. The highest BCUT2D eigenvalue weighted by atomic mass is 16.2. The molecule has 0 aromatic carbocycles. The topological polar surface area (TPSA) is 81.7 Å². The van der Waals surface area contributed by atoms with Crippen LogP contribution in [-0.4, -0.2) is 77.4 Å². The van der Waals surface area contributed by atoms with E-state index < -0.39 is 0 Å². The number of anilines is 2. The summed E-state index contributed by atoms with van der Waals surface area (Å²) in [5, 5.41) is 2.89. The van der Waals surface area contributed by atoms with E-state index in [9.17, 15) is 9.59 Å². The summed E-state index contributed by atoms with van der Waals surface area (Å²) in [6.45, 7) is 8.27. The highest BCUT2D eigenvalue weighted by molar-refractivity contribution is 5.98. The molecule has 2 amide bonds. The van der Waals surface area contributed by atoms with E-state index in [1.165, 1.54) is 12.8 Å². The van der Waals surface area contributed by atoms with Crippen LogP contribution in [0.25, 0.3) is 0 Å². The van der Waals surface area contributed by atoms with Crippen LogP contribution in [0.5, 0.6) is 0 Å². The van der Waals surface area contributed by atoms with Crippen LogP contribution < -0.4 is 10.2 Å². The van der Waals surface area contributed by atoms with Crippen LogP contribution in [0.2, 0.25) is 0 Å². The first-order chi connectivity index (χ1) is 14.7. The Balaban J connectivity index is 1.54. The van der Waals surface area contributed by atoms with Crippen LogP contribution in [-0.2, 0) is 4.79 Å². The predicted molar refractivity (Wildman–Crippen MR) is 117 cm³/mol. The van der Waals surface area contributed by atoms with E-state index in [2.05, 4.69) is 27.0 Å². The molecule has 0 unspecified atom stereocenters. The smallest absolute Gasteiger partial charge is 0.276 e. The molecule has 1 aromatic heterocycles. The van der Waals surface area contributed by atoms with Gasteiger partial charge in [0.25, 0.3) is 5.91 Å². The molecule has 1 aromatic rings. The van der Waals surface area contributed by atoms with Gasteiger partial charge in [0, 0.05) is 45.2 Å². The lowest BCUT2D eigenvalue weighted by Gasteiger charge is -2.35. The first-order valence-electron chi connectivity index (χ1n) is 11.6. The van der Waals surface area contributed by atoms with Crippen LogP contribution >= 0.6 is 0 Å². The number of piperazine rings is 1. The average molecular weight is 415 g/mol. The molecule has 3 heterocycles. The Bertz CT molecular complexity index is 750. The zero-order chi connectivity index (χ0) is 20.9. The number of hydrogen-bond donors (Lipinski definition) is 1. The first kappa shape index (κ1) is 21.0. The molecule has 0 atom stereocenters. The number of rotatable bonds is 6. The van der Waals surface area contributed by atoms with E-state index in [1.807, 2.05) is 4.90 Å². The van der Waals surface area contributed by atoms with Crippen LogP contribution in [0.1, 0.15) is 62.4 Å². The molecule has 2 aliphatic heterocycles. The molecule has 3 fully saturated rings. The molecule has 3 aliphatic rings. The summed E-state index contributed by atoms with van der Waals surface area (Å²) in [6, 6.07) is 0. The number of aromatic nitrogens is 2. The number of nitrogens with zero attached hydrogens (tertiary/aromatic N) is 5. The van der Waals surface area contributed by atoms with Gasteiger partial charge in [0.05, 0.1) is 6.20 Å². The molecular formula is C22H34N6O2. The molecule has 0 radical (unpaired) electrons. The lowest BCUT2D eigenvalue weighted by Crippen LogP contribution is -2.49. The third-order valence-corrected chi connectivity index (χ3v) is 6.26. The van der Waals surface area contributed by atoms with Crippen molar-refractivity contribution in [2.45, 2.75) is 51.9 Å². The van der Waals surface area contributed by atoms with E-state index in [4.69, 9.17) is 4.98 Å². The molecule has 8 nitrogen and oxygen atoms in total. The van der Waals surface area contributed by atoms with E-state index in [0.29, 0.717) is 17.3 Å². The highest BCUT2D eigenvalue weighted by Crippen LogP contribution is 2.30. The van der Waals surface area contributed by atoms with Gasteiger partial charge in [-0.2, -0.15) is 0 Å². The van der Waals surface area contributed by atoms with Gasteiger partial charge in [-0.25, -0.2) is 9.97 Å². The quantitative estimate of drug-likeness (QED) is 0.770. The van der Waals surface area contributed by atoms with Crippen molar-refractivity contribution in [3.05, 3.63) is 11.9 Å². The van der Waals surface area contributed by atoms with Gasteiger partial charge in [-0.1, -0.05) is 19.8 Å². The minimum atomic E-state index is -0.0436. The fraction of sp³-hybridized carbons (Fsp3) is 0.727. The van der Waals surface area contributed by atoms with E-state index in [0.717, 1.165) is 77.9 Å². The van der Waals surface area contributed by atoms with Gasteiger partial charge in [0.15, 0.2) is 17.3 Å². The summed E-state index contributed by atoms with van der Waals surface area (Å²) in [6.07, 6.45) is 9.13. The van der Waals surface area contributed by atoms with Crippen LogP contribution in [0.15, 0.2) is 6.20 Å². The summed E-state index contributed by atoms with van der Waals surface area (Å²) in [5.74, 6) is 1.16. The lowest BCUT2D eigenvalue weighted by atomic mass is 10.2. The Hall–Kier alpha value is -2.22. The Labute approximate surface area is 179 Å². The minimum Gasteiger partial charge on any atom is -0.355 e. The standard InChI is InChI=1S/C22H34N6O2/c1-2-9-26-12-14-28(15-13-26)22(30)19-20(27-10-5-3-4-6-11-27)24-18(16-23-19)25-21(29)17-7-8-17/h16-17H,2-15H2,1H3,(H,24,25,29). The molecule has 8 heteroatoms. The van der Waals surface area contributed by atoms with Gasteiger partial charge in [-0.15, -0.1) is 0 Å². The van der Waals surface area contributed by atoms with Gasteiger partial charge >= 0.3 is 0 Å². The second kappa shape index (κ2) is 9.73. The fourth-order valence-electron chi connectivity index (χ4n) is 4.31. The molecule has 164 valence electrons. The van der Waals surface area contributed by atoms with E-state index in [-0.39, 0.29) is 17.7 Å². The minimum absolute atomic E-state index is 0.0113. The van der Waals surface area contributed by atoms with Crippen molar-refractivity contribution in [1.82, 2.24) is 19.8 Å². The molecule has 1 N–H and O–H groups in total. The normalized spacial score (nSPS) is 20.7. The maximum absolute atomic E-state index is 13.4. The predicted octanol–water partition coefficient (Wildman–Crippen LogP) is 2.37. The highest BCUT2D eigenvalue weighted by Gasteiger charge is 2.31. The van der Waals surface area contributed by atoms with Crippen molar-refractivity contribution in [3.8, 4) is 0 Å². The number of hydrogen-bond acceptors (Lipinski definition) is 6. The van der Waals surface area contributed by atoms with E-state index >= 15 is 0 Å². The van der Waals surface area contributed by atoms with Crippen molar-refractivity contribution in [2.24, 2.45) is 5.92 Å². The monoisotopic (exact) mass is 414 g/mol. The summed E-state index contributed by atoms with van der Waals surface area (Å²) in [4.78, 5) is 41.3. The average Bonchev–Trinajstić information content (AvgIpc) is 3.61. The maximum Gasteiger partial charge on any atom is 0.276 e. The first-order valence-corrected chi connectivity index (χ1v) is 11.6. The Morgan fingerprint density at radius 2 is 1.73 bits per heavy atom. The molecule has 30 heavy (non-hydrogen) atoms. The number of amides is 2. The number of nitrogens with one attached hydrogen (secondary N) is 1. The number of carbonyl (C=O) groups is 2. The molecule has 1 aliphatic carbocycles. The molecule has 0 spiro atoms. The third-order valence-electron chi connectivity index (χ3n) is 6.26. The van der Waals surface area contributed by atoms with Crippen LogP contribution in [0.3, 0.4) is 0 Å². The zero-order valence-corrected chi connectivity index (χ0v) is 18.1. The largest absolute Gasteiger partial charge is 0.355 e. The van der Waals surface area contributed by atoms with Crippen LogP contribution in [0.4, 0.5) is 11.6 Å². The van der Waals surface area contributed by atoms with Crippen molar-refractivity contribution >= 4 is 23.5 Å².